The molecule has 0 fully saturated rings. The average molecular weight is 631 g/mol. The van der Waals surface area contributed by atoms with Crippen molar-refractivity contribution in [3.05, 3.63) is 213 Å². The van der Waals surface area contributed by atoms with Crippen LogP contribution in [-0.4, -0.2) is 9.47 Å². The molecule has 0 saturated carbocycles. The first-order valence-electron chi connectivity index (χ1n) is 16.2. The Labute approximate surface area is 284 Å². The number of hydrogen-bond acceptors (Lipinski definition) is 2. The summed E-state index contributed by atoms with van der Waals surface area (Å²) in [5.74, 6) is 0. The Bertz CT molecular complexity index is 2560. The van der Waals surface area contributed by atoms with Crippen LogP contribution in [0.3, 0.4) is 0 Å². The van der Waals surface area contributed by atoms with Crippen molar-refractivity contribution in [2.75, 3.05) is 0 Å². The lowest BCUT2D eigenvalue weighted by molar-refractivity contribution is 0.510. The molecule has 0 spiro atoms. The lowest BCUT2D eigenvalue weighted by Gasteiger charge is -2.37. The van der Waals surface area contributed by atoms with Gasteiger partial charge in [0.05, 0.1) is 32.9 Å². The zero-order valence-corrected chi connectivity index (χ0v) is 27.0. The minimum Gasteiger partial charge on any atom is -0.303 e. The molecule has 4 aliphatic rings. The molecule has 2 nitrogen and oxygen atoms in total. The largest absolute Gasteiger partial charge is 0.303 e. The summed E-state index contributed by atoms with van der Waals surface area (Å²) in [6, 6.07) is 38.7. The van der Waals surface area contributed by atoms with Gasteiger partial charge in [-0.05, 0) is 77.4 Å². The molecule has 4 aromatic carbocycles. The third-order valence-electron chi connectivity index (χ3n) is 9.17. The van der Waals surface area contributed by atoms with E-state index in [0.29, 0.717) is 0 Å². The summed E-state index contributed by atoms with van der Waals surface area (Å²) in [5, 5.41) is 3.60. The average Bonchev–Trinajstić information content (AvgIpc) is 3.91. The molecular weight excluding hydrogens is 601 g/mol. The molecule has 0 saturated heterocycles. The van der Waals surface area contributed by atoms with E-state index in [4.69, 9.17) is 0 Å². The second-order valence-corrected chi connectivity index (χ2v) is 13.2. The number of nitrogens with zero attached hydrogens (tertiary/aromatic N) is 2. The van der Waals surface area contributed by atoms with Crippen LogP contribution >= 0.6 is 11.8 Å². The maximum atomic E-state index is 3.85. The second kappa shape index (κ2) is 11.7. The Morgan fingerprint density at radius 3 is 2.29 bits per heavy atom. The van der Waals surface area contributed by atoms with Crippen molar-refractivity contribution < 1.29 is 0 Å². The van der Waals surface area contributed by atoms with E-state index in [1.807, 2.05) is 18.2 Å². The van der Waals surface area contributed by atoms with Crippen LogP contribution in [0.2, 0.25) is 0 Å². The summed E-state index contributed by atoms with van der Waals surface area (Å²) >= 11 is 1.74. The van der Waals surface area contributed by atoms with Gasteiger partial charge in [0.25, 0.3) is 0 Å². The summed E-state index contributed by atoms with van der Waals surface area (Å²) in [6.45, 7) is 3.85. The lowest BCUT2D eigenvalue weighted by Crippen LogP contribution is -2.30. The Balaban J connectivity index is 1.03. The zero-order chi connectivity index (χ0) is 32.0. The van der Waals surface area contributed by atoms with Gasteiger partial charge in [-0.1, -0.05) is 127 Å². The van der Waals surface area contributed by atoms with E-state index in [2.05, 4.69) is 167 Å². The van der Waals surface area contributed by atoms with Crippen LogP contribution in [0.5, 0.6) is 0 Å². The molecule has 48 heavy (non-hydrogen) atoms. The topological polar surface area (TPSA) is 8.17 Å². The predicted molar refractivity (Wildman–Crippen MR) is 201 cm³/mol. The highest BCUT2D eigenvalue weighted by molar-refractivity contribution is 8.03. The molecule has 3 heteroatoms. The standard InChI is InChI=1S/C45H30N2S/c1-2-3-6-18-43-41-27-34(29-45(41)47(43)36-24-25-38(30-36)48-37-15-9-5-10-16-37)32-22-20-31(21-23-32)33-26-40-39-17-11-12-19-42(39)46(44(40)28-33)35-13-7-4-8-14-35/h2-26,29H,1,27H2/b6-3-,43-18-. The Hall–Kier alpha value is -5.95. The van der Waals surface area contributed by atoms with Crippen molar-refractivity contribution in [3.63, 3.8) is 0 Å². The summed E-state index contributed by atoms with van der Waals surface area (Å²) in [4.78, 5) is 4.67. The highest BCUT2D eigenvalue weighted by atomic mass is 32.2. The quantitative estimate of drug-likeness (QED) is 0.125. The number of hydrogen-bond donors (Lipinski definition) is 0. The summed E-state index contributed by atoms with van der Waals surface area (Å²) in [7, 11) is 0. The van der Waals surface area contributed by atoms with Crippen LogP contribution in [0, 0.1) is 0 Å². The minimum atomic E-state index is 0.908. The normalized spacial score (nSPS) is 16.8. The first kappa shape index (κ1) is 28.3. The van der Waals surface area contributed by atoms with Crippen LogP contribution < -0.4 is 10.6 Å². The van der Waals surface area contributed by atoms with Gasteiger partial charge in [-0.15, -0.1) is 0 Å². The van der Waals surface area contributed by atoms with Crippen molar-refractivity contribution >= 4 is 45.6 Å². The number of rotatable bonds is 8. The molecule has 0 bridgehead atoms. The van der Waals surface area contributed by atoms with Gasteiger partial charge in [-0.3, -0.25) is 0 Å². The maximum absolute atomic E-state index is 3.85. The third kappa shape index (κ3) is 4.78. The predicted octanol–water partition coefficient (Wildman–Crippen LogP) is 9.60. The fraction of sp³-hybridized carbons (Fsp3) is 0.0222. The first-order valence-corrected chi connectivity index (χ1v) is 17.0. The minimum absolute atomic E-state index is 0.908. The molecule has 0 unspecified atom stereocenters. The summed E-state index contributed by atoms with van der Waals surface area (Å²) in [5.41, 5.74) is 19.5. The van der Waals surface area contributed by atoms with Crippen LogP contribution in [0.15, 0.2) is 197 Å². The summed E-state index contributed by atoms with van der Waals surface area (Å²) in [6.07, 6.45) is 17.9. The smallest absolute Gasteiger partial charge is 0.0977 e. The number of allylic oxidation sites excluding steroid dienone is 9. The Morgan fingerprint density at radius 2 is 1.48 bits per heavy atom. The Morgan fingerprint density at radius 1 is 0.729 bits per heavy atom. The fourth-order valence-corrected chi connectivity index (χ4v) is 7.78. The van der Waals surface area contributed by atoms with Gasteiger partial charge in [-0.25, -0.2) is 0 Å². The van der Waals surface area contributed by atoms with Crippen LogP contribution in [0.4, 0.5) is 0 Å². The molecule has 0 N–H and O–H groups in total. The van der Waals surface area contributed by atoms with Crippen molar-refractivity contribution in [1.82, 2.24) is 9.47 Å². The number of thioether (sulfide) groups is 1. The van der Waals surface area contributed by atoms with E-state index >= 15 is 0 Å². The van der Waals surface area contributed by atoms with Gasteiger partial charge < -0.3 is 9.47 Å². The van der Waals surface area contributed by atoms with E-state index < -0.39 is 0 Å². The van der Waals surface area contributed by atoms with Gasteiger partial charge in [-0.2, -0.15) is 0 Å². The van der Waals surface area contributed by atoms with E-state index in [1.54, 1.807) is 11.8 Å². The number of aromatic nitrogens is 1. The fourth-order valence-electron chi connectivity index (χ4n) is 6.94. The number of para-hydroxylation sites is 2. The summed E-state index contributed by atoms with van der Waals surface area (Å²) < 4.78 is 2.32. The van der Waals surface area contributed by atoms with Crippen molar-refractivity contribution in [3.8, 4) is 5.69 Å². The molecule has 9 rings (SSSR count). The molecule has 2 heterocycles. The third-order valence-corrected chi connectivity index (χ3v) is 10.1. The number of fused-ring (bicyclic) bond motifs is 3. The molecule has 0 radical (unpaired) electrons. The van der Waals surface area contributed by atoms with Crippen LogP contribution in [0.25, 0.3) is 39.5 Å². The molecule has 226 valence electrons. The molecule has 0 atom stereocenters. The monoisotopic (exact) mass is 630 g/mol. The molecule has 5 aromatic rings. The van der Waals surface area contributed by atoms with E-state index in [-0.39, 0.29) is 0 Å². The molecule has 1 aliphatic heterocycles. The number of benzene rings is 4. The van der Waals surface area contributed by atoms with Gasteiger partial charge in [0.2, 0.25) is 0 Å². The molecule has 3 aliphatic carbocycles. The van der Waals surface area contributed by atoms with E-state index in [1.165, 1.54) is 54.7 Å². The molecule has 1 aromatic heterocycles. The SMILES string of the molecule is C=C/C=C\C=C1\C2=C(C=C(c3ccc(C4=C=c5c(c6ccccc6n5-c5ccccc5)=C4)cc3)C2)N1C1=C=C(Sc2ccccc2)C=C1. The van der Waals surface area contributed by atoms with E-state index in [0.717, 1.165) is 33.6 Å². The zero-order valence-electron chi connectivity index (χ0n) is 26.2. The van der Waals surface area contributed by atoms with E-state index in [9.17, 15) is 0 Å². The first-order chi connectivity index (χ1) is 23.7. The van der Waals surface area contributed by atoms with Crippen molar-refractivity contribution in [2.24, 2.45) is 0 Å². The van der Waals surface area contributed by atoms with Gasteiger partial charge in [0.15, 0.2) is 0 Å². The molecular formula is C45H30N2S. The van der Waals surface area contributed by atoms with Gasteiger partial charge in [0, 0.05) is 38.8 Å². The Kier molecular flexibility index (Phi) is 6.89. The van der Waals surface area contributed by atoms with Gasteiger partial charge >= 0.3 is 0 Å². The second-order valence-electron chi connectivity index (χ2n) is 12.1. The lowest BCUT2D eigenvalue weighted by atomic mass is 9.95. The van der Waals surface area contributed by atoms with Crippen molar-refractivity contribution in [2.45, 2.75) is 11.3 Å². The highest BCUT2D eigenvalue weighted by Gasteiger charge is 2.37. The van der Waals surface area contributed by atoms with Crippen LogP contribution in [-0.2, 0) is 0 Å². The van der Waals surface area contributed by atoms with Crippen LogP contribution in [0.1, 0.15) is 17.5 Å². The van der Waals surface area contributed by atoms with Gasteiger partial charge in [0.1, 0.15) is 0 Å². The maximum Gasteiger partial charge on any atom is 0.0977 e. The molecule has 0 amide bonds. The van der Waals surface area contributed by atoms with Crippen molar-refractivity contribution in [1.29, 1.82) is 0 Å². The highest BCUT2D eigenvalue weighted by Crippen LogP contribution is 2.50.